The number of aryl methyl sites for hydroxylation is 1. The Morgan fingerprint density at radius 2 is 1.90 bits per heavy atom. The van der Waals surface area contributed by atoms with Crippen LogP contribution in [0.25, 0.3) is 10.3 Å². The minimum absolute atomic E-state index is 0.0686. The highest BCUT2D eigenvalue weighted by Crippen LogP contribution is 2.28. The fourth-order valence-corrected chi connectivity index (χ4v) is 3.17. The van der Waals surface area contributed by atoms with Gasteiger partial charge in [-0.1, -0.05) is 11.3 Å². The van der Waals surface area contributed by atoms with E-state index in [0.717, 1.165) is 10.4 Å². The number of sulfonamides is 1. The fraction of sp³-hybridized carbons (Fsp3) is 0.0833. The van der Waals surface area contributed by atoms with Crippen LogP contribution in [0.5, 0.6) is 0 Å². The van der Waals surface area contributed by atoms with Gasteiger partial charge in [-0.15, -0.1) is 0 Å². The molecule has 3 aromatic rings. The van der Waals surface area contributed by atoms with E-state index in [4.69, 9.17) is 5.14 Å². The third-order valence-corrected chi connectivity index (χ3v) is 4.80. The molecule has 1 aromatic carbocycles. The molecule has 0 amide bonds. The molecule has 108 valence electrons. The normalized spacial score (nSPS) is 11.7. The maximum absolute atomic E-state index is 11.2. The van der Waals surface area contributed by atoms with Crippen molar-refractivity contribution in [1.82, 2.24) is 15.0 Å². The molecule has 0 saturated heterocycles. The summed E-state index contributed by atoms with van der Waals surface area (Å²) >= 11 is 1.44. The largest absolute Gasteiger partial charge is 0.331 e. The lowest BCUT2D eigenvalue weighted by Crippen LogP contribution is -2.11. The molecule has 2 heterocycles. The zero-order chi connectivity index (χ0) is 15.0. The van der Waals surface area contributed by atoms with E-state index in [9.17, 15) is 8.42 Å². The Kier molecular flexibility index (Phi) is 3.32. The summed E-state index contributed by atoms with van der Waals surface area (Å²) in [4.78, 5) is 12.6. The smallest absolute Gasteiger partial charge is 0.238 e. The van der Waals surface area contributed by atoms with Crippen molar-refractivity contribution >= 4 is 42.5 Å². The first-order valence-electron chi connectivity index (χ1n) is 5.91. The number of nitrogens with one attached hydrogen (secondary N) is 1. The highest BCUT2D eigenvalue weighted by Gasteiger charge is 2.09. The summed E-state index contributed by atoms with van der Waals surface area (Å²) < 4.78 is 23.3. The zero-order valence-corrected chi connectivity index (χ0v) is 12.6. The topological polar surface area (TPSA) is 111 Å². The van der Waals surface area contributed by atoms with Crippen molar-refractivity contribution in [2.24, 2.45) is 5.14 Å². The van der Waals surface area contributed by atoms with Crippen LogP contribution in [-0.4, -0.2) is 23.4 Å². The predicted molar refractivity (Wildman–Crippen MR) is 81.0 cm³/mol. The number of nitrogens with zero attached hydrogens (tertiary/aromatic N) is 3. The van der Waals surface area contributed by atoms with E-state index in [2.05, 4.69) is 20.3 Å². The molecule has 9 heteroatoms. The summed E-state index contributed by atoms with van der Waals surface area (Å²) in [7, 11) is -3.68. The van der Waals surface area contributed by atoms with E-state index in [0.29, 0.717) is 16.5 Å². The van der Waals surface area contributed by atoms with Gasteiger partial charge in [0.2, 0.25) is 10.0 Å². The number of rotatable bonds is 3. The molecule has 0 bridgehead atoms. The lowest BCUT2D eigenvalue weighted by atomic mass is 10.3. The lowest BCUT2D eigenvalue weighted by molar-refractivity contribution is 0.598. The van der Waals surface area contributed by atoms with Gasteiger partial charge in [0.25, 0.3) is 0 Å². The van der Waals surface area contributed by atoms with Gasteiger partial charge < -0.3 is 5.32 Å². The molecule has 0 spiro atoms. The van der Waals surface area contributed by atoms with Gasteiger partial charge in [-0.05, 0) is 31.2 Å². The first-order valence-corrected chi connectivity index (χ1v) is 8.28. The first kappa shape index (κ1) is 13.9. The van der Waals surface area contributed by atoms with Gasteiger partial charge in [0.1, 0.15) is 6.33 Å². The van der Waals surface area contributed by atoms with Gasteiger partial charge in [-0.25, -0.2) is 23.5 Å². The molecule has 0 fully saturated rings. The summed E-state index contributed by atoms with van der Waals surface area (Å²) in [5.41, 5.74) is 2.22. The average molecular weight is 321 g/mol. The number of nitrogens with two attached hydrogens (primary N) is 1. The molecule has 2 aromatic heterocycles. The van der Waals surface area contributed by atoms with Gasteiger partial charge in [0.05, 0.1) is 15.3 Å². The van der Waals surface area contributed by atoms with E-state index in [1.165, 1.54) is 29.8 Å². The highest BCUT2D eigenvalue weighted by atomic mass is 32.2. The Bertz CT molecular complexity index is 903. The summed E-state index contributed by atoms with van der Waals surface area (Å²) in [6.07, 6.45) is 1.47. The van der Waals surface area contributed by atoms with Gasteiger partial charge in [-0.3, -0.25) is 0 Å². The molecule has 21 heavy (non-hydrogen) atoms. The van der Waals surface area contributed by atoms with Crippen molar-refractivity contribution in [2.75, 3.05) is 5.32 Å². The van der Waals surface area contributed by atoms with E-state index in [1.807, 2.05) is 6.92 Å². The third-order valence-electron chi connectivity index (χ3n) is 2.80. The number of aromatic nitrogens is 3. The number of primary sulfonamides is 1. The number of benzene rings is 1. The van der Waals surface area contributed by atoms with E-state index >= 15 is 0 Å². The van der Waals surface area contributed by atoms with Gasteiger partial charge in [0, 0.05) is 5.69 Å². The molecule has 0 radical (unpaired) electrons. The van der Waals surface area contributed by atoms with Crippen LogP contribution in [-0.2, 0) is 10.0 Å². The summed E-state index contributed by atoms with van der Waals surface area (Å²) in [5.74, 6) is 0. The number of hydrogen-bond acceptors (Lipinski definition) is 7. The highest BCUT2D eigenvalue weighted by molar-refractivity contribution is 7.89. The summed E-state index contributed by atoms with van der Waals surface area (Å²) in [6.45, 7) is 1.90. The van der Waals surface area contributed by atoms with Crippen LogP contribution in [0.3, 0.4) is 0 Å². The predicted octanol–water partition coefficient (Wildman–Crippen LogP) is 1.79. The van der Waals surface area contributed by atoms with Gasteiger partial charge >= 0.3 is 0 Å². The minimum Gasteiger partial charge on any atom is -0.331 e. The minimum atomic E-state index is -3.68. The van der Waals surface area contributed by atoms with Crippen molar-refractivity contribution in [3.8, 4) is 0 Å². The number of hydrogen-bond donors (Lipinski definition) is 2. The van der Waals surface area contributed by atoms with Crippen LogP contribution in [0.15, 0.2) is 35.5 Å². The second-order valence-electron chi connectivity index (χ2n) is 4.33. The molecule has 3 rings (SSSR count). The van der Waals surface area contributed by atoms with E-state index in [-0.39, 0.29) is 4.90 Å². The SMILES string of the molecule is Cc1ncnc2nc(Nc3ccc(S(N)(=O)=O)cc3)sc12. The second-order valence-corrected chi connectivity index (χ2v) is 6.89. The quantitative estimate of drug-likeness (QED) is 0.760. The van der Waals surface area contributed by atoms with Crippen LogP contribution < -0.4 is 10.5 Å². The Morgan fingerprint density at radius 1 is 1.19 bits per heavy atom. The van der Waals surface area contributed by atoms with Gasteiger partial charge in [0.15, 0.2) is 10.8 Å². The molecular formula is C12H11N5O2S2. The number of anilines is 2. The van der Waals surface area contributed by atoms with Crippen molar-refractivity contribution in [3.63, 3.8) is 0 Å². The maximum atomic E-state index is 11.2. The van der Waals surface area contributed by atoms with E-state index in [1.54, 1.807) is 12.1 Å². The molecule has 0 aliphatic heterocycles. The number of thiazole rings is 1. The fourth-order valence-electron chi connectivity index (χ4n) is 1.77. The summed E-state index contributed by atoms with van der Waals surface area (Å²) in [5, 5.41) is 8.82. The zero-order valence-electron chi connectivity index (χ0n) is 10.9. The van der Waals surface area contributed by atoms with Crippen molar-refractivity contribution in [1.29, 1.82) is 0 Å². The Morgan fingerprint density at radius 3 is 2.52 bits per heavy atom. The first-order chi connectivity index (χ1) is 9.93. The second kappa shape index (κ2) is 5.02. The molecule has 0 aliphatic rings. The van der Waals surface area contributed by atoms with Crippen molar-refractivity contribution < 1.29 is 8.42 Å². The Hall–Kier alpha value is -2.10. The Balaban J connectivity index is 1.90. The molecule has 0 atom stereocenters. The molecule has 0 unspecified atom stereocenters. The average Bonchev–Trinajstić information content (AvgIpc) is 2.82. The van der Waals surface area contributed by atoms with E-state index < -0.39 is 10.0 Å². The molecule has 3 N–H and O–H groups in total. The molecule has 0 saturated carbocycles. The standard InChI is InChI=1S/C12H11N5O2S2/c1-7-10-11(15-6-14-7)17-12(20-10)16-8-2-4-9(5-3-8)21(13,18)19/h2-6H,1H3,(H2,13,18,19)(H,14,15,16,17). The molecule has 0 aliphatic carbocycles. The van der Waals surface area contributed by atoms with Crippen LogP contribution >= 0.6 is 11.3 Å². The van der Waals surface area contributed by atoms with Crippen molar-refractivity contribution in [3.05, 3.63) is 36.3 Å². The lowest BCUT2D eigenvalue weighted by Gasteiger charge is -2.03. The van der Waals surface area contributed by atoms with Crippen LogP contribution in [0.1, 0.15) is 5.69 Å². The summed E-state index contributed by atoms with van der Waals surface area (Å²) in [6, 6.07) is 6.14. The number of fused-ring (bicyclic) bond motifs is 1. The third kappa shape index (κ3) is 2.84. The van der Waals surface area contributed by atoms with Crippen molar-refractivity contribution in [2.45, 2.75) is 11.8 Å². The van der Waals surface area contributed by atoms with Crippen LogP contribution in [0.4, 0.5) is 10.8 Å². The Labute approximate surface area is 124 Å². The monoisotopic (exact) mass is 321 g/mol. The van der Waals surface area contributed by atoms with Crippen LogP contribution in [0, 0.1) is 6.92 Å². The van der Waals surface area contributed by atoms with Gasteiger partial charge in [-0.2, -0.15) is 4.98 Å². The molecular weight excluding hydrogens is 310 g/mol. The molecule has 7 nitrogen and oxygen atoms in total. The van der Waals surface area contributed by atoms with Crippen LogP contribution in [0.2, 0.25) is 0 Å². The maximum Gasteiger partial charge on any atom is 0.238 e.